The minimum atomic E-state index is -0.160. The molecule has 2 aromatic rings. The molecule has 0 aliphatic carbocycles. The Labute approximate surface area is 131 Å². The van der Waals surface area contributed by atoms with Crippen molar-refractivity contribution in [2.45, 2.75) is 6.54 Å². The first-order valence-corrected chi connectivity index (χ1v) is 7.01. The molecule has 21 heavy (non-hydrogen) atoms. The highest BCUT2D eigenvalue weighted by atomic mass is 79.9. The van der Waals surface area contributed by atoms with E-state index in [0.717, 1.165) is 0 Å². The quantitative estimate of drug-likeness (QED) is 0.838. The average molecular weight is 351 g/mol. The number of aromatic nitrogens is 1. The predicted octanol–water partition coefficient (Wildman–Crippen LogP) is 2.55. The topological polar surface area (TPSA) is 74.4 Å². The normalized spacial score (nSPS) is 10.3. The van der Waals surface area contributed by atoms with Gasteiger partial charge in [0.05, 0.1) is 25.5 Å². The molecule has 0 saturated heterocycles. The van der Waals surface area contributed by atoms with Crippen LogP contribution in [0.1, 0.15) is 21.6 Å². The van der Waals surface area contributed by atoms with Gasteiger partial charge in [0.25, 0.3) is 0 Å². The maximum absolute atomic E-state index is 12.6. The Morgan fingerprint density at radius 1 is 1.29 bits per heavy atom. The molecule has 1 aromatic carbocycles. The van der Waals surface area contributed by atoms with E-state index in [2.05, 4.69) is 20.9 Å². The summed E-state index contributed by atoms with van der Waals surface area (Å²) in [7, 11) is 3.06. The number of nitrogens with two attached hydrogens (primary N) is 1. The fourth-order valence-electron chi connectivity index (χ4n) is 1.96. The second-order valence-electron chi connectivity index (χ2n) is 4.23. The van der Waals surface area contributed by atoms with Crippen LogP contribution in [0.4, 0.5) is 0 Å². The summed E-state index contributed by atoms with van der Waals surface area (Å²) < 4.78 is 11.1. The van der Waals surface area contributed by atoms with E-state index in [1.165, 1.54) is 7.11 Å². The van der Waals surface area contributed by atoms with E-state index >= 15 is 0 Å². The first kappa shape index (κ1) is 15.5. The van der Waals surface area contributed by atoms with Crippen molar-refractivity contribution < 1.29 is 14.3 Å². The highest BCUT2D eigenvalue weighted by Crippen LogP contribution is 2.37. The Bertz CT molecular complexity index is 674. The fourth-order valence-corrected chi connectivity index (χ4v) is 2.63. The summed E-state index contributed by atoms with van der Waals surface area (Å²) in [5.74, 6) is 0.874. The van der Waals surface area contributed by atoms with E-state index < -0.39 is 0 Å². The third-order valence-electron chi connectivity index (χ3n) is 3.02. The summed E-state index contributed by atoms with van der Waals surface area (Å²) in [6.07, 6.45) is 1.57. The first-order chi connectivity index (χ1) is 10.1. The maximum atomic E-state index is 12.6. The van der Waals surface area contributed by atoms with Gasteiger partial charge in [-0.25, -0.2) is 0 Å². The van der Waals surface area contributed by atoms with Crippen LogP contribution in [0.5, 0.6) is 11.5 Å². The Hall–Kier alpha value is -1.92. The largest absolute Gasteiger partial charge is 0.495 e. The molecule has 0 atom stereocenters. The fraction of sp³-hybridized carbons (Fsp3) is 0.200. The van der Waals surface area contributed by atoms with Crippen LogP contribution in [0.25, 0.3) is 0 Å². The highest BCUT2D eigenvalue weighted by molar-refractivity contribution is 9.10. The molecule has 0 aliphatic rings. The Morgan fingerprint density at radius 2 is 2.05 bits per heavy atom. The minimum Gasteiger partial charge on any atom is -0.495 e. The zero-order valence-corrected chi connectivity index (χ0v) is 13.3. The molecular weight excluding hydrogens is 336 g/mol. The second-order valence-corrected chi connectivity index (χ2v) is 5.02. The van der Waals surface area contributed by atoms with Crippen LogP contribution in [-0.4, -0.2) is 25.0 Å². The Balaban J connectivity index is 2.50. The smallest absolute Gasteiger partial charge is 0.196 e. The van der Waals surface area contributed by atoms with Gasteiger partial charge in [-0.3, -0.25) is 9.78 Å². The monoisotopic (exact) mass is 350 g/mol. The zero-order valence-electron chi connectivity index (χ0n) is 11.7. The lowest BCUT2D eigenvalue weighted by atomic mass is 10.0. The molecule has 0 bridgehead atoms. The third-order valence-corrected chi connectivity index (χ3v) is 3.77. The molecule has 0 fully saturated rings. The lowest BCUT2D eigenvalue weighted by Crippen LogP contribution is -2.07. The van der Waals surface area contributed by atoms with Crippen LogP contribution in [-0.2, 0) is 6.54 Å². The Morgan fingerprint density at radius 3 is 2.67 bits per heavy atom. The summed E-state index contributed by atoms with van der Waals surface area (Å²) in [4.78, 5) is 16.7. The van der Waals surface area contributed by atoms with Crippen molar-refractivity contribution >= 4 is 21.7 Å². The zero-order chi connectivity index (χ0) is 15.4. The van der Waals surface area contributed by atoms with Gasteiger partial charge in [0.1, 0.15) is 16.0 Å². The van der Waals surface area contributed by atoms with Gasteiger partial charge >= 0.3 is 0 Å². The molecule has 2 N–H and O–H groups in total. The van der Waals surface area contributed by atoms with Crippen molar-refractivity contribution in [3.05, 3.63) is 51.8 Å². The summed E-state index contributed by atoms with van der Waals surface area (Å²) in [6, 6.07) is 6.72. The van der Waals surface area contributed by atoms with Crippen molar-refractivity contribution in [3.63, 3.8) is 0 Å². The number of ketones is 1. The number of methoxy groups -OCH3 is 2. The summed E-state index contributed by atoms with van der Waals surface area (Å²) in [6.45, 7) is 0.282. The molecule has 0 amide bonds. The summed E-state index contributed by atoms with van der Waals surface area (Å²) in [5, 5.41) is 0. The molecule has 110 valence electrons. The van der Waals surface area contributed by atoms with Gasteiger partial charge in [0.2, 0.25) is 0 Å². The van der Waals surface area contributed by atoms with E-state index in [9.17, 15) is 4.79 Å². The number of carbonyl (C=O) groups is 1. The molecule has 0 saturated carbocycles. The predicted molar refractivity (Wildman–Crippen MR) is 82.8 cm³/mol. The number of hydrogen-bond donors (Lipinski definition) is 1. The van der Waals surface area contributed by atoms with E-state index in [-0.39, 0.29) is 12.3 Å². The molecule has 5 nitrogen and oxygen atoms in total. The van der Waals surface area contributed by atoms with Crippen molar-refractivity contribution in [1.29, 1.82) is 0 Å². The molecular formula is C15H15BrN2O3. The van der Waals surface area contributed by atoms with Crippen molar-refractivity contribution in [2.75, 3.05) is 14.2 Å². The van der Waals surface area contributed by atoms with Gasteiger partial charge in [-0.05, 0) is 40.2 Å². The summed E-state index contributed by atoms with van der Waals surface area (Å²) >= 11 is 3.39. The lowest BCUT2D eigenvalue weighted by Gasteiger charge is -2.13. The summed E-state index contributed by atoms with van der Waals surface area (Å²) in [5.41, 5.74) is 7.17. The van der Waals surface area contributed by atoms with Crippen LogP contribution in [0, 0.1) is 0 Å². The van der Waals surface area contributed by atoms with Crippen molar-refractivity contribution in [2.24, 2.45) is 5.73 Å². The number of pyridine rings is 1. The standard InChI is InChI=1S/C15H15BrN2O3/c1-20-12-4-3-11(15(21-2)13(12)16)14(19)9-5-6-18-10(7-9)8-17/h3-7H,8,17H2,1-2H3. The number of nitrogens with zero attached hydrogens (tertiary/aromatic N) is 1. The van der Waals surface area contributed by atoms with Crippen molar-refractivity contribution in [3.8, 4) is 11.5 Å². The average Bonchev–Trinajstić information content (AvgIpc) is 2.53. The number of rotatable bonds is 5. The van der Waals surface area contributed by atoms with E-state index in [1.807, 2.05) is 0 Å². The van der Waals surface area contributed by atoms with Gasteiger partial charge in [0.15, 0.2) is 5.78 Å². The SMILES string of the molecule is COc1ccc(C(=O)c2ccnc(CN)c2)c(OC)c1Br. The number of carbonyl (C=O) groups excluding carboxylic acids is 1. The second kappa shape index (κ2) is 6.69. The van der Waals surface area contributed by atoms with Crippen LogP contribution in [0.3, 0.4) is 0 Å². The highest BCUT2D eigenvalue weighted by Gasteiger charge is 2.19. The molecule has 0 radical (unpaired) electrons. The molecule has 1 aromatic heterocycles. The van der Waals surface area contributed by atoms with Crippen LogP contribution in [0.15, 0.2) is 34.9 Å². The van der Waals surface area contributed by atoms with Crippen molar-refractivity contribution in [1.82, 2.24) is 4.98 Å². The number of benzene rings is 1. The van der Waals surface area contributed by atoms with E-state index in [1.54, 1.807) is 37.6 Å². The van der Waals surface area contributed by atoms with Gasteiger partial charge < -0.3 is 15.2 Å². The molecule has 6 heteroatoms. The lowest BCUT2D eigenvalue weighted by molar-refractivity contribution is 0.103. The first-order valence-electron chi connectivity index (χ1n) is 6.22. The minimum absolute atomic E-state index is 0.160. The number of hydrogen-bond acceptors (Lipinski definition) is 5. The molecule has 0 spiro atoms. The van der Waals surface area contributed by atoms with Gasteiger partial charge in [-0.1, -0.05) is 0 Å². The van der Waals surface area contributed by atoms with Gasteiger partial charge in [0, 0.05) is 18.3 Å². The maximum Gasteiger partial charge on any atom is 0.196 e. The molecule has 0 unspecified atom stereocenters. The van der Waals surface area contributed by atoms with Gasteiger partial charge in [-0.2, -0.15) is 0 Å². The number of ether oxygens (including phenoxy) is 2. The number of halogens is 1. The van der Waals surface area contributed by atoms with E-state index in [4.69, 9.17) is 15.2 Å². The van der Waals surface area contributed by atoms with E-state index in [0.29, 0.717) is 32.8 Å². The van der Waals surface area contributed by atoms with Crippen LogP contribution < -0.4 is 15.2 Å². The van der Waals surface area contributed by atoms with Crippen LogP contribution in [0.2, 0.25) is 0 Å². The molecule has 0 aliphatic heterocycles. The van der Waals surface area contributed by atoms with Crippen LogP contribution >= 0.6 is 15.9 Å². The third kappa shape index (κ3) is 3.06. The molecule has 2 rings (SSSR count). The van der Waals surface area contributed by atoms with Gasteiger partial charge in [-0.15, -0.1) is 0 Å². The Kier molecular flexibility index (Phi) is 4.93. The molecule has 1 heterocycles.